The molecule has 28 heavy (non-hydrogen) atoms. The summed E-state index contributed by atoms with van der Waals surface area (Å²) in [7, 11) is 3.22. The Morgan fingerprint density at radius 3 is 2.36 bits per heavy atom. The summed E-state index contributed by atoms with van der Waals surface area (Å²) >= 11 is 0. The molecule has 0 saturated carbocycles. The van der Waals surface area contributed by atoms with Crippen LogP contribution in [0, 0.1) is 0 Å². The van der Waals surface area contributed by atoms with Crippen molar-refractivity contribution in [2.45, 2.75) is 0 Å². The fraction of sp³-hybridized carbons (Fsp3) is 0.0870. The molecule has 0 saturated heterocycles. The maximum atomic E-state index is 5.74. The molecule has 1 N–H and O–H groups in total. The maximum absolute atomic E-state index is 5.74. The minimum Gasteiger partial charge on any atom is -0.493 e. The van der Waals surface area contributed by atoms with E-state index >= 15 is 0 Å². The van der Waals surface area contributed by atoms with Gasteiger partial charge < -0.3 is 19.5 Å². The van der Waals surface area contributed by atoms with Crippen molar-refractivity contribution in [1.29, 1.82) is 0 Å². The Kier molecular flexibility index (Phi) is 5.97. The summed E-state index contributed by atoms with van der Waals surface area (Å²) in [6.45, 7) is 7.39. The molecule has 3 aromatic rings. The van der Waals surface area contributed by atoms with Crippen molar-refractivity contribution < 1.29 is 14.2 Å². The number of rotatable bonds is 8. The molecule has 1 heterocycles. The van der Waals surface area contributed by atoms with Crippen LogP contribution < -0.4 is 19.5 Å². The highest BCUT2D eigenvalue weighted by molar-refractivity contribution is 5.95. The van der Waals surface area contributed by atoms with Crippen LogP contribution in [-0.4, -0.2) is 19.2 Å². The lowest BCUT2D eigenvalue weighted by Gasteiger charge is -2.13. The molecular formula is C23H22N2O3. The molecule has 0 unspecified atom stereocenters. The smallest absolute Gasteiger partial charge is 0.162 e. The van der Waals surface area contributed by atoms with Crippen LogP contribution in [0.2, 0.25) is 0 Å². The van der Waals surface area contributed by atoms with Gasteiger partial charge in [0.05, 0.1) is 19.7 Å². The average molecular weight is 374 g/mol. The molecule has 5 nitrogen and oxygen atoms in total. The molecule has 1 aromatic heterocycles. The summed E-state index contributed by atoms with van der Waals surface area (Å²) in [6, 6.07) is 13.3. The third kappa shape index (κ3) is 4.15. The summed E-state index contributed by atoms with van der Waals surface area (Å²) in [5.74, 6) is 2.65. The van der Waals surface area contributed by atoms with Crippen LogP contribution in [0.15, 0.2) is 85.8 Å². The SMILES string of the molecule is C=C/C=C(\C=C)Oc1ccc(Nc2ccnc3cc(OC)c(OC)cc23)cc1. The second kappa shape index (κ2) is 8.77. The van der Waals surface area contributed by atoms with E-state index in [-0.39, 0.29) is 0 Å². The van der Waals surface area contributed by atoms with E-state index < -0.39 is 0 Å². The Morgan fingerprint density at radius 2 is 1.71 bits per heavy atom. The highest BCUT2D eigenvalue weighted by Crippen LogP contribution is 2.35. The van der Waals surface area contributed by atoms with Crippen molar-refractivity contribution >= 4 is 22.3 Å². The molecule has 3 rings (SSSR count). The number of benzene rings is 2. The second-order valence-corrected chi connectivity index (χ2v) is 5.84. The Labute approximate surface area is 164 Å². The van der Waals surface area contributed by atoms with Gasteiger partial charge >= 0.3 is 0 Å². The van der Waals surface area contributed by atoms with Gasteiger partial charge in [-0.25, -0.2) is 0 Å². The molecule has 0 aliphatic rings. The predicted molar refractivity (Wildman–Crippen MR) is 114 cm³/mol. The summed E-state index contributed by atoms with van der Waals surface area (Å²) in [5, 5.41) is 4.35. The zero-order chi connectivity index (χ0) is 19.9. The van der Waals surface area contributed by atoms with Gasteiger partial charge in [0, 0.05) is 29.0 Å². The molecule has 0 radical (unpaired) electrons. The molecule has 0 aliphatic heterocycles. The Hall–Kier alpha value is -3.73. The first-order valence-corrected chi connectivity index (χ1v) is 8.69. The molecule has 5 heteroatoms. The van der Waals surface area contributed by atoms with E-state index in [1.165, 1.54) is 0 Å². The highest BCUT2D eigenvalue weighted by atomic mass is 16.5. The van der Waals surface area contributed by atoms with Crippen molar-refractivity contribution in [2.24, 2.45) is 0 Å². The first kappa shape index (κ1) is 19.0. The van der Waals surface area contributed by atoms with Crippen LogP contribution in [0.25, 0.3) is 10.9 Å². The van der Waals surface area contributed by atoms with E-state index in [1.807, 2.05) is 42.5 Å². The van der Waals surface area contributed by atoms with Crippen molar-refractivity contribution in [1.82, 2.24) is 4.98 Å². The second-order valence-electron chi connectivity index (χ2n) is 5.84. The van der Waals surface area contributed by atoms with Gasteiger partial charge in [0.25, 0.3) is 0 Å². The van der Waals surface area contributed by atoms with E-state index in [0.29, 0.717) is 23.0 Å². The van der Waals surface area contributed by atoms with E-state index in [9.17, 15) is 0 Å². The van der Waals surface area contributed by atoms with Crippen LogP contribution in [-0.2, 0) is 0 Å². The van der Waals surface area contributed by atoms with Crippen LogP contribution in [0.3, 0.4) is 0 Å². The predicted octanol–water partition coefficient (Wildman–Crippen LogP) is 5.63. The van der Waals surface area contributed by atoms with E-state index in [4.69, 9.17) is 14.2 Å². The number of hydrogen-bond donors (Lipinski definition) is 1. The number of nitrogens with zero attached hydrogens (tertiary/aromatic N) is 1. The summed E-state index contributed by atoms with van der Waals surface area (Å²) in [6.07, 6.45) is 6.80. The Morgan fingerprint density at radius 1 is 1.00 bits per heavy atom. The van der Waals surface area contributed by atoms with Crippen molar-refractivity contribution in [3.8, 4) is 17.2 Å². The van der Waals surface area contributed by atoms with Gasteiger partial charge in [-0.15, -0.1) is 0 Å². The van der Waals surface area contributed by atoms with Crippen molar-refractivity contribution in [3.05, 3.63) is 85.8 Å². The number of aromatic nitrogens is 1. The van der Waals surface area contributed by atoms with Gasteiger partial charge in [-0.3, -0.25) is 4.98 Å². The zero-order valence-electron chi connectivity index (χ0n) is 15.9. The minimum atomic E-state index is 0.636. The van der Waals surface area contributed by atoms with E-state index in [2.05, 4.69) is 23.5 Å². The summed E-state index contributed by atoms with van der Waals surface area (Å²) in [4.78, 5) is 4.42. The van der Waals surface area contributed by atoms with E-state index in [0.717, 1.165) is 22.3 Å². The first-order valence-electron chi connectivity index (χ1n) is 8.69. The average Bonchev–Trinajstić information content (AvgIpc) is 2.74. The fourth-order valence-electron chi connectivity index (χ4n) is 2.74. The minimum absolute atomic E-state index is 0.636. The van der Waals surface area contributed by atoms with Gasteiger partial charge in [-0.2, -0.15) is 0 Å². The number of fused-ring (bicyclic) bond motifs is 1. The van der Waals surface area contributed by atoms with Gasteiger partial charge in [0.15, 0.2) is 11.5 Å². The number of anilines is 2. The molecule has 0 bridgehead atoms. The third-order valence-corrected chi connectivity index (χ3v) is 4.10. The molecular weight excluding hydrogens is 352 g/mol. The van der Waals surface area contributed by atoms with Gasteiger partial charge in [-0.05, 0) is 48.6 Å². The Balaban J connectivity index is 1.87. The van der Waals surface area contributed by atoms with Crippen molar-refractivity contribution in [3.63, 3.8) is 0 Å². The monoisotopic (exact) mass is 374 g/mol. The van der Waals surface area contributed by atoms with Crippen LogP contribution in [0.5, 0.6) is 17.2 Å². The van der Waals surface area contributed by atoms with Gasteiger partial charge in [-0.1, -0.05) is 19.2 Å². The van der Waals surface area contributed by atoms with Gasteiger partial charge in [0.2, 0.25) is 0 Å². The normalized spacial score (nSPS) is 11.0. The fourth-order valence-corrected chi connectivity index (χ4v) is 2.74. The maximum Gasteiger partial charge on any atom is 0.162 e. The standard InChI is InChI=1S/C23H22N2O3/c1-5-7-17(6-2)28-18-10-8-16(9-11-18)25-20-12-13-24-21-15-23(27-4)22(26-3)14-19(20)21/h5-15H,1-2H2,3-4H3,(H,24,25)/b17-7+. The number of pyridine rings is 1. The topological polar surface area (TPSA) is 52.6 Å². The highest BCUT2D eigenvalue weighted by Gasteiger charge is 2.10. The molecule has 0 atom stereocenters. The third-order valence-electron chi connectivity index (χ3n) is 4.10. The first-order chi connectivity index (χ1) is 13.7. The summed E-state index contributed by atoms with van der Waals surface area (Å²) < 4.78 is 16.5. The number of allylic oxidation sites excluding steroid dienone is 3. The van der Waals surface area contributed by atoms with Crippen LogP contribution >= 0.6 is 0 Å². The lowest BCUT2D eigenvalue weighted by Crippen LogP contribution is -1.96. The molecule has 0 aliphatic carbocycles. The zero-order valence-corrected chi connectivity index (χ0v) is 15.9. The lowest BCUT2D eigenvalue weighted by atomic mass is 10.1. The molecule has 142 valence electrons. The van der Waals surface area contributed by atoms with E-state index in [1.54, 1.807) is 38.6 Å². The molecule has 0 amide bonds. The molecule has 2 aromatic carbocycles. The van der Waals surface area contributed by atoms with Crippen LogP contribution in [0.4, 0.5) is 11.4 Å². The largest absolute Gasteiger partial charge is 0.493 e. The lowest BCUT2D eigenvalue weighted by molar-refractivity contribution is 0.356. The molecule has 0 spiro atoms. The van der Waals surface area contributed by atoms with Crippen molar-refractivity contribution in [2.75, 3.05) is 19.5 Å². The number of methoxy groups -OCH3 is 2. The molecule has 0 fully saturated rings. The quantitative estimate of drug-likeness (QED) is 0.409. The van der Waals surface area contributed by atoms with Gasteiger partial charge in [0.1, 0.15) is 11.5 Å². The number of ether oxygens (including phenoxy) is 3. The summed E-state index contributed by atoms with van der Waals surface area (Å²) in [5.41, 5.74) is 2.65. The number of nitrogens with one attached hydrogen (secondary N) is 1. The Bertz CT molecular complexity index is 1020. The van der Waals surface area contributed by atoms with Crippen LogP contribution in [0.1, 0.15) is 0 Å². The number of hydrogen-bond acceptors (Lipinski definition) is 5.